The predicted molar refractivity (Wildman–Crippen MR) is 62.3 cm³/mol. The number of aliphatic carboxylic acids is 1. The maximum atomic E-state index is 11.3. The SMILES string of the molecule is Cc1nc(NC(=O)NC[C@H](O)C(=O)O)sc1C. The number of carboxylic acids is 1. The van der Waals surface area contributed by atoms with Gasteiger partial charge in [-0.1, -0.05) is 0 Å². The van der Waals surface area contributed by atoms with Crippen molar-refractivity contribution in [2.24, 2.45) is 0 Å². The molecular weight excluding hydrogens is 246 g/mol. The molecule has 0 aliphatic rings. The van der Waals surface area contributed by atoms with Crippen molar-refractivity contribution in [3.8, 4) is 0 Å². The van der Waals surface area contributed by atoms with E-state index in [9.17, 15) is 9.59 Å². The lowest BCUT2D eigenvalue weighted by Gasteiger charge is -2.07. The van der Waals surface area contributed by atoms with Gasteiger partial charge in [-0.05, 0) is 13.8 Å². The molecular formula is C9H13N3O4S. The molecule has 0 unspecified atom stereocenters. The van der Waals surface area contributed by atoms with Gasteiger partial charge in [-0.25, -0.2) is 14.6 Å². The molecule has 1 aromatic rings. The first-order chi connectivity index (χ1) is 7.90. The Balaban J connectivity index is 2.42. The standard InChI is InChI=1S/C9H13N3O4S/c1-4-5(2)17-9(11-4)12-8(16)10-3-6(13)7(14)15/h6,13H,3H2,1-2H3,(H,14,15)(H2,10,11,12,16)/t6-/m0/s1. The maximum absolute atomic E-state index is 11.3. The molecule has 1 atom stereocenters. The van der Waals surface area contributed by atoms with Gasteiger partial charge in [0.1, 0.15) is 0 Å². The highest BCUT2D eigenvalue weighted by atomic mass is 32.1. The van der Waals surface area contributed by atoms with Crippen LogP contribution in [0.1, 0.15) is 10.6 Å². The van der Waals surface area contributed by atoms with Crippen molar-refractivity contribution in [2.45, 2.75) is 20.0 Å². The third-order valence-corrected chi connectivity index (χ3v) is 2.98. The fourth-order valence-electron chi connectivity index (χ4n) is 0.944. The number of thiazole rings is 1. The Bertz CT molecular complexity index is 412. The van der Waals surface area contributed by atoms with Crippen molar-refractivity contribution in [1.29, 1.82) is 0 Å². The summed E-state index contributed by atoms with van der Waals surface area (Å²) >= 11 is 1.32. The molecule has 0 spiro atoms. The average molecular weight is 259 g/mol. The van der Waals surface area contributed by atoms with Crippen molar-refractivity contribution >= 4 is 28.5 Å². The molecule has 1 rings (SSSR count). The van der Waals surface area contributed by atoms with Gasteiger partial charge < -0.3 is 15.5 Å². The summed E-state index contributed by atoms with van der Waals surface area (Å²) in [6.45, 7) is 3.35. The minimum Gasteiger partial charge on any atom is -0.479 e. The maximum Gasteiger partial charge on any atom is 0.334 e. The van der Waals surface area contributed by atoms with Gasteiger partial charge in [-0.15, -0.1) is 11.3 Å². The number of nitrogens with zero attached hydrogens (tertiary/aromatic N) is 1. The van der Waals surface area contributed by atoms with E-state index in [-0.39, 0.29) is 6.54 Å². The Hall–Kier alpha value is -1.67. The molecule has 0 aromatic carbocycles. The van der Waals surface area contributed by atoms with Crippen molar-refractivity contribution in [3.05, 3.63) is 10.6 Å². The zero-order valence-corrected chi connectivity index (χ0v) is 10.2. The van der Waals surface area contributed by atoms with E-state index in [1.807, 2.05) is 13.8 Å². The quantitative estimate of drug-likeness (QED) is 0.622. The first kappa shape index (κ1) is 13.4. The third kappa shape index (κ3) is 4.00. The van der Waals surface area contributed by atoms with Crippen LogP contribution in [0.3, 0.4) is 0 Å². The van der Waals surface area contributed by atoms with Crippen LogP contribution in [0, 0.1) is 13.8 Å². The van der Waals surface area contributed by atoms with Crippen LogP contribution in [0.2, 0.25) is 0 Å². The molecule has 0 fully saturated rings. The lowest BCUT2D eigenvalue weighted by Crippen LogP contribution is -2.38. The minimum atomic E-state index is -1.61. The van der Waals surface area contributed by atoms with Gasteiger partial charge in [-0.3, -0.25) is 5.32 Å². The second-order valence-electron chi connectivity index (χ2n) is 3.35. The minimum absolute atomic E-state index is 0.357. The topological polar surface area (TPSA) is 112 Å². The number of carbonyl (C=O) groups is 2. The van der Waals surface area contributed by atoms with E-state index in [2.05, 4.69) is 15.6 Å². The summed E-state index contributed by atoms with van der Waals surface area (Å²) in [7, 11) is 0. The molecule has 0 saturated carbocycles. The number of hydrogen-bond acceptors (Lipinski definition) is 5. The number of rotatable bonds is 4. The van der Waals surface area contributed by atoms with Crippen LogP contribution in [0.4, 0.5) is 9.93 Å². The van der Waals surface area contributed by atoms with Crippen LogP contribution in [0.25, 0.3) is 0 Å². The summed E-state index contributed by atoms with van der Waals surface area (Å²) in [5.74, 6) is -1.38. The van der Waals surface area contributed by atoms with E-state index in [0.29, 0.717) is 5.13 Å². The summed E-state index contributed by atoms with van der Waals surface area (Å²) in [6.07, 6.45) is -1.61. The van der Waals surface area contributed by atoms with Crippen molar-refractivity contribution in [2.75, 3.05) is 11.9 Å². The van der Waals surface area contributed by atoms with Crippen molar-refractivity contribution in [1.82, 2.24) is 10.3 Å². The number of carboxylic acid groups (broad SMARTS) is 1. The molecule has 1 heterocycles. The lowest BCUT2D eigenvalue weighted by atomic mass is 10.4. The zero-order valence-electron chi connectivity index (χ0n) is 9.35. The number of aliphatic hydroxyl groups is 1. The first-order valence-corrected chi connectivity index (χ1v) is 5.61. The fraction of sp³-hybridized carbons (Fsp3) is 0.444. The van der Waals surface area contributed by atoms with Crippen molar-refractivity contribution in [3.63, 3.8) is 0 Å². The zero-order chi connectivity index (χ0) is 13.0. The number of amides is 2. The van der Waals surface area contributed by atoms with E-state index in [0.717, 1.165) is 10.6 Å². The summed E-state index contributed by atoms with van der Waals surface area (Å²) in [6, 6.07) is -0.598. The molecule has 0 saturated heterocycles. The molecule has 0 aliphatic carbocycles. The summed E-state index contributed by atoms with van der Waals surface area (Å²) in [5, 5.41) is 22.4. The Kier molecular flexibility index (Phi) is 4.41. The fourth-order valence-corrected chi connectivity index (χ4v) is 1.75. The van der Waals surface area contributed by atoms with Gasteiger partial charge >= 0.3 is 12.0 Å². The molecule has 0 aliphatic heterocycles. The number of aromatic nitrogens is 1. The second-order valence-corrected chi connectivity index (χ2v) is 4.55. The Labute approximate surface area is 101 Å². The van der Waals surface area contributed by atoms with Crippen LogP contribution in [0.15, 0.2) is 0 Å². The molecule has 7 nitrogen and oxygen atoms in total. The molecule has 4 N–H and O–H groups in total. The highest BCUT2D eigenvalue weighted by Crippen LogP contribution is 2.20. The first-order valence-electron chi connectivity index (χ1n) is 4.80. The Morgan fingerprint density at radius 2 is 2.12 bits per heavy atom. The summed E-state index contributed by atoms with van der Waals surface area (Å²) in [4.78, 5) is 26.7. The number of nitrogens with one attached hydrogen (secondary N) is 2. The van der Waals surface area contributed by atoms with E-state index < -0.39 is 18.1 Å². The average Bonchev–Trinajstić information content (AvgIpc) is 2.54. The molecule has 0 radical (unpaired) electrons. The Morgan fingerprint density at radius 3 is 2.59 bits per heavy atom. The van der Waals surface area contributed by atoms with Gasteiger partial charge in [0, 0.05) is 4.88 Å². The van der Waals surface area contributed by atoms with Gasteiger partial charge in [0.25, 0.3) is 0 Å². The molecule has 17 heavy (non-hydrogen) atoms. The number of aryl methyl sites for hydroxylation is 2. The van der Waals surface area contributed by atoms with E-state index in [4.69, 9.17) is 10.2 Å². The van der Waals surface area contributed by atoms with E-state index in [1.165, 1.54) is 11.3 Å². The van der Waals surface area contributed by atoms with E-state index in [1.54, 1.807) is 0 Å². The highest BCUT2D eigenvalue weighted by Gasteiger charge is 2.14. The normalized spacial score (nSPS) is 11.9. The Morgan fingerprint density at radius 1 is 1.47 bits per heavy atom. The van der Waals surface area contributed by atoms with Crippen LogP contribution in [-0.2, 0) is 4.79 Å². The molecule has 2 amide bonds. The largest absolute Gasteiger partial charge is 0.479 e. The third-order valence-electron chi connectivity index (χ3n) is 1.99. The molecule has 1 aromatic heterocycles. The predicted octanol–water partition coefficient (Wildman–Crippen LogP) is 0.327. The smallest absolute Gasteiger partial charge is 0.334 e. The van der Waals surface area contributed by atoms with E-state index >= 15 is 0 Å². The van der Waals surface area contributed by atoms with Gasteiger partial charge in [0.15, 0.2) is 11.2 Å². The van der Waals surface area contributed by atoms with Crippen molar-refractivity contribution < 1.29 is 19.8 Å². The lowest BCUT2D eigenvalue weighted by molar-refractivity contribution is -0.146. The second kappa shape index (κ2) is 5.60. The summed E-state index contributed by atoms with van der Waals surface area (Å²) < 4.78 is 0. The summed E-state index contributed by atoms with van der Waals surface area (Å²) in [5.41, 5.74) is 0.830. The number of anilines is 1. The van der Waals surface area contributed by atoms with Crippen LogP contribution < -0.4 is 10.6 Å². The molecule has 0 bridgehead atoms. The van der Waals surface area contributed by atoms with Gasteiger partial charge in [0.2, 0.25) is 0 Å². The number of aliphatic hydroxyl groups excluding tert-OH is 1. The molecule has 94 valence electrons. The number of hydrogen-bond donors (Lipinski definition) is 4. The van der Waals surface area contributed by atoms with Crippen LogP contribution in [-0.4, -0.2) is 39.8 Å². The van der Waals surface area contributed by atoms with Gasteiger partial charge in [0.05, 0.1) is 12.2 Å². The van der Waals surface area contributed by atoms with Gasteiger partial charge in [-0.2, -0.15) is 0 Å². The number of carbonyl (C=O) groups excluding carboxylic acids is 1. The number of urea groups is 1. The van der Waals surface area contributed by atoms with Crippen LogP contribution in [0.5, 0.6) is 0 Å². The monoisotopic (exact) mass is 259 g/mol. The highest BCUT2D eigenvalue weighted by molar-refractivity contribution is 7.15. The molecule has 8 heteroatoms. The van der Waals surface area contributed by atoms with Crippen LogP contribution >= 0.6 is 11.3 Å².